The maximum atomic E-state index is 12.8. The number of likely N-dealkylation sites (tertiary alicyclic amines) is 1. The van der Waals surface area contributed by atoms with E-state index >= 15 is 0 Å². The third kappa shape index (κ3) is 3.19. The summed E-state index contributed by atoms with van der Waals surface area (Å²) in [5, 5.41) is 10.2. The number of piperidine rings is 2. The van der Waals surface area contributed by atoms with Crippen molar-refractivity contribution in [2.45, 2.75) is 25.4 Å². The van der Waals surface area contributed by atoms with Gasteiger partial charge in [0.2, 0.25) is 12.7 Å². The molecule has 2 fully saturated rings. The van der Waals surface area contributed by atoms with Gasteiger partial charge in [-0.25, -0.2) is 0 Å². The molecule has 2 saturated heterocycles. The molecule has 1 spiro atoms. The van der Waals surface area contributed by atoms with E-state index in [0.29, 0.717) is 13.0 Å². The zero-order valence-corrected chi connectivity index (χ0v) is 16.5. The summed E-state index contributed by atoms with van der Waals surface area (Å²) in [6.07, 6.45) is 3.48. The number of hydrogen-bond donors (Lipinski definition) is 1. The van der Waals surface area contributed by atoms with Crippen LogP contribution in [0, 0.1) is 5.41 Å². The minimum absolute atomic E-state index is 0.179. The van der Waals surface area contributed by atoms with Crippen LogP contribution in [0.3, 0.4) is 0 Å². The monoisotopic (exact) mass is 395 g/mol. The molecule has 0 radical (unpaired) electrons. The number of fused-ring (bicyclic) bond motifs is 1. The standard InChI is InChI=1S/C22H25N3O4/c1-24-13-17(26)12-22(21(24)27)5-8-25(9-6-22)16-4-7-23-18(11-16)15-2-3-19-20(10-15)29-14-28-19/h2-4,7,10-11,17,26H,5-6,8-9,12-14H2,1H3. The summed E-state index contributed by atoms with van der Waals surface area (Å²) in [6.45, 7) is 2.27. The molecule has 29 heavy (non-hydrogen) atoms. The number of likely N-dealkylation sites (N-methyl/N-ethyl adjacent to an activating group) is 1. The number of benzene rings is 1. The van der Waals surface area contributed by atoms with Gasteiger partial charge in [-0.15, -0.1) is 0 Å². The van der Waals surface area contributed by atoms with Gasteiger partial charge in [-0.05, 0) is 49.6 Å². The van der Waals surface area contributed by atoms with Crippen LogP contribution in [0.15, 0.2) is 36.5 Å². The van der Waals surface area contributed by atoms with Crippen LogP contribution in [0.1, 0.15) is 19.3 Å². The van der Waals surface area contributed by atoms with Crippen molar-refractivity contribution in [3.63, 3.8) is 0 Å². The second-order valence-electron chi connectivity index (χ2n) is 8.28. The molecule has 3 aliphatic rings. The lowest BCUT2D eigenvalue weighted by Crippen LogP contribution is -2.56. The highest BCUT2D eigenvalue weighted by Crippen LogP contribution is 2.42. The highest BCUT2D eigenvalue weighted by atomic mass is 16.7. The van der Waals surface area contributed by atoms with Crippen LogP contribution >= 0.6 is 0 Å². The molecule has 1 unspecified atom stereocenters. The molecular weight excluding hydrogens is 370 g/mol. The second kappa shape index (κ2) is 6.91. The van der Waals surface area contributed by atoms with Crippen LogP contribution in [-0.4, -0.2) is 60.5 Å². The third-order valence-corrected chi connectivity index (χ3v) is 6.41. The van der Waals surface area contributed by atoms with Crippen molar-refractivity contribution >= 4 is 11.6 Å². The average molecular weight is 395 g/mol. The Kier molecular flexibility index (Phi) is 4.35. The quantitative estimate of drug-likeness (QED) is 0.841. The van der Waals surface area contributed by atoms with Gasteiger partial charge in [0.1, 0.15) is 0 Å². The summed E-state index contributed by atoms with van der Waals surface area (Å²) < 4.78 is 10.9. The summed E-state index contributed by atoms with van der Waals surface area (Å²) in [7, 11) is 1.79. The van der Waals surface area contributed by atoms with Crippen LogP contribution in [0.25, 0.3) is 11.3 Å². The molecule has 1 atom stereocenters. The molecule has 0 aliphatic carbocycles. The summed E-state index contributed by atoms with van der Waals surface area (Å²) in [5.41, 5.74) is 2.54. The third-order valence-electron chi connectivity index (χ3n) is 6.41. The van der Waals surface area contributed by atoms with Gasteiger partial charge in [0.25, 0.3) is 0 Å². The van der Waals surface area contributed by atoms with Crippen molar-refractivity contribution in [2.24, 2.45) is 5.41 Å². The van der Waals surface area contributed by atoms with E-state index in [-0.39, 0.29) is 12.7 Å². The largest absolute Gasteiger partial charge is 0.454 e. The number of β-amino-alcohol motifs (C(OH)–C–C–N with tert-alkyl or cyclic N) is 1. The summed E-state index contributed by atoms with van der Waals surface area (Å²) in [5.74, 6) is 1.68. The van der Waals surface area contributed by atoms with Gasteiger partial charge in [0.05, 0.1) is 17.2 Å². The zero-order chi connectivity index (χ0) is 20.0. The van der Waals surface area contributed by atoms with E-state index in [9.17, 15) is 9.90 Å². The fraction of sp³-hybridized carbons (Fsp3) is 0.455. The number of rotatable bonds is 2. The van der Waals surface area contributed by atoms with Gasteiger partial charge < -0.3 is 24.4 Å². The van der Waals surface area contributed by atoms with E-state index in [1.807, 2.05) is 30.5 Å². The van der Waals surface area contributed by atoms with Crippen LogP contribution in [0.5, 0.6) is 11.5 Å². The highest BCUT2D eigenvalue weighted by molar-refractivity contribution is 5.84. The Morgan fingerprint density at radius 2 is 1.93 bits per heavy atom. The lowest BCUT2D eigenvalue weighted by molar-refractivity contribution is -0.152. The zero-order valence-electron chi connectivity index (χ0n) is 16.5. The predicted molar refractivity (Wildman–Crippen MR) is 108 cm³/mol. The minimum Gasteiger partial charge on any atom is -0.454 e. The number of amides is 1. The number of pyridine rings is 1. The Morgan fingerprint density at radius 3 is 2.76 bits per heavy atom. The van der Waals surface area contributed by atoms with Gasteiger partial charge >= 0.3 is 0 Å². The Labute approximate surface area is 169 Å². The summed E-state index contributed by atoms with van der Waals surface area (Å²) in [6, 6.07) is 9.95. The molecule has 3 aliphatic heterocycles. The Bertz CT molecular complexity index is 939. The van der Waals surface area contributed by atoms with Crippen molar-refractivity contribution in [1.82, 2.24) is 9.88 Å². The first kappa shape index (κ1) is 18.2. The SMILES string of the molecule is CN1CC(O)CC2(CCN(c3ccnc(-c4ccc5c(c4)OCO5)c3)CC2)C1=O. The van der Waals surface area contributed by atoms with Crippen molar-refractivity contribution in [1.29, 1.82) is 0 Å². The predicted octanol–water partition coefficient (Wildman–Crippen LogP) is 2.29. The first-order valence-electron chi connectivity index (χ1n) is 10.1. The molecule has 5 rings (SSSR count). The van der Waals surface area contributed by atoms with E-state index in [4.69, 9.17) is 9.47 Å². The van der Waals surface area contributed by atoms with Crippen LogP contribution < -0.4 is 14.4 Å². The molecule has 1 aromatic heterocycles. The molecule has 0 bridgehead atoms. The number of nitrogens with zero attached hydrogens (tertiary/aromatic N) is 3. The van der Waals surface area contributed by atoms with E-state index in [0.717, 1.165) is 54.4 Å². The van der Waals surface area contributed by atoms with Gasteiger partial charge in [0.15, 0.2) is 11.5 Å². The van der Waals surface area contributed by atoms with E-state index in [1.54, 1.807) is 11.9 Å². The first-order chi connectivity index (χ1) is 14.0. The van der Waals surface area contributed by atoms with Gasteiger partial charge in [-0.1, -0.05) is 0 Å². The average Bonchev–Trinajstić information content (AvgIpc) is 3.20. The number of aliphatic hydroxyl groups excluding tert-OH is 1. The lowest BCUT2D eigenvalue weighted by atomic mass is 9.71. The smallest absolute Gasteiger partial charge is 0.231 e. The fourth-order valence-electron chi connectivity index (χ4n) is 4.85. The molecule has 4 heterocycles. The van der Waals surface area contributed by atoms with Crippen molar-refractivity contribution in [2.75, 3.05) is 38.4 Å². The number of aliphatic hydroxyl groups is 1. The molecular formula is C22H25N3O4. The van der Waals surface area contributed by atoms with Crippen molar-refractivity contribution in [3.05, 3.63) is 36.5 Å². The van der Waals surface area contributed by atoms with Crippen LogP contribution in [0.2, 0.25) is 0 Å². The molecule has 1 N–H and O–H groups in total. The Hall–Kier alpha value is -2.80. The molecule has 7 nitrogen and oxygen atoms in total. The molecule has 152 valence electrons. The number of carbonyl (C=O) groups excluding carboxylic acids is 1. The Morgan fingerprint density at radius 1 is 1.14 bits per heavy atom. The topological polar surface area (TPSA) is 75.1 Å². The van der Waals surface area contributed by atoms with Crippen molar-refractivity contribution in [3.8, 4) is 22.8 Å². The molecule has 0 saturated carbocycles. The number of ether oxygens (including phenoxy) is 2. The van der Waals surface area contributed by atoms with Gasteiger partial charge in [-0.2, -0.15) is 0 Å². The van der Waals surface area contributed by atoms with Crippen LogP contribution in [-0.2, 0) is 4.79 Å². The molecule has 1 amide bonds. The van der Waals surface area contributed by atoms with E-state index in [2.05, 4.69) is 16.0 Å². The molecule has 2 aromatic rings. The minimum atomic E-state index is -0.428. The first-order valence-corrected chi connectivity index (χ1v) is 10.1. The maximum absolute atomic E-state index is 12.8. The Balaban J connectivity index is 1.34. The molecule has 1 aromatic carbocycles. The van der Waals surface area contributed by atoms with Gasteiger partial charge in [0, 0.05) is 44.1 Å². The summed E-state index contributed by atoms with van der Waals surface area (Å²) in [4.78, 5) is 21.3. The lowest BCUT2D eigenvalue weighted by Gasteiger charge is -2.47. The molecule has 7 heteroatoms. The fourth-order valence-corrected chi connectivity index (χ4v) is 4.85. The van der Waals surface area contributed by atoms with Crippen molar-refractivity contribution < 1.29 is 19.4 Å². The highest BCUT2D eigenvalue weighted by Gasteiger charge is 2.47. The summed E-state index contributed by atoms with van der Waals surface area (Å²) >= 11 is 0. The number of hydrogen-bond acceptors (Lipinski definition) is 6. The van der Waals surface area contributed by atoms with Gasteiger partial charge in [-0.3, -0.25) is 9.78 Å². The number of aromatic nitrogens is 1. The maximum Gasteiger partial charge on any atom is 0.231 e. The second-order valence-corrected chi connectivity index (χ2v) is 8.28. The number of carbonyl (C=O) groups is 1. The van der Waals surface area contributed by atoms with E-state index in [1.165, 1.54) is 0 Å². The normalized spacial score (nSPS) is 23.0. The van der Waals surface area contributed by atoms with Crippen LogP contribution in [0.4, 0.5) is 5.69 Å². The number of anilines is 1. The van der Waals surface area contributed by atoms with E-state index < -0.39 is 11.5 Å².